The molecule has 0 saturated heterocycles. The Morgan fingerprint density at radius 3 is 2.43 bits per heavy atom. The highest BCUT2D eigenvalue weighted by Gasteiger charge is 2.17. The SMILES string of the molecule is CC1CCC(CNn2cccc2)CC1. The average molecular weight is 192 g/mol. The van der Waals surface area contributed by atoms with Gasteiger partial charge in [0.05, 0.1) is 0 Å². The lowest BCUT2D eigenvalue weighted by molar-refractivity contribution is 0.296. The number of nitrogens with one attached hydrogen (secondary N) is 1. The van der Waals surface area contributed by atoms with Gasteiger partial charge in [0.1, 0.15) is 0 Å². The molecule has 2 nitrogen and oxygen atoms in total. The predicted molar refractivity (Wildman–Crippen MR) is 59.8 cm³/mol. The van der Waals surface area contributed by atoms with Crippen molar-refractivity contribution in [2.45, 2.75) is 32.6 Å². The quantitative estimate of drug-likeness (QED) is 0.779. The van der Waals surface area contributed by atoms with Crippen LogP contribution < -0.4 is 5.43 Å². The van der Waals surface area contributed by atoms with Crippen LogP contribution in [0.1, 0.15) is 32.6 Å². The fourth-order valence-corrected chi connectivity index (χ4v) is 2.21. The van der Waals surface area contributed by atoms with Gasteiger partial charge in [-0.1, -0.05) is 19.8 Å². The van der Waals surface area contributed by atoms with Gasteiger partial charge < -0.3 is 5.43 Å². The summed E-state index contributed by atoms with van der Waals surface area (Å²) >= 11 is 0. The minimum Gasteiger partial charge on any atom is -0.326 e. The van der Waals surface area contributed by atoms with Gasteiger partial charge in [-0.25, -0.2) is 0 Å². The highest BCUT2D eigenvalue weighted by Crippen LogP contribution is 2.27. The molecule has 0 amide bonds. The van der Waals surface area contributed by atoms with E-state index in [2.05, 4.69) is 41.6 Å². The summed E-state index contributed by atoms with van der Waals surface area (Å²) in [6, 6.07) is 4.10. The maximum Gasteiger partial charge on any atom is 0.0342 e. The highest BCUT2D eigenvalue weighted by atomic mass is 15.4. The Morgan fingerprint density at radius 1 is 1.14 bits per heavy atom. The Kier molecular flexibility index (Phi) is 3.12. The van der Waals surface area contributed by atoms with Crippen molar-refractivity contribution in [2.75, 3.05) is 12.0 Å². The molecule has 1 heterocycles. The van der Waals surface area contributed by atoms with Crippen molar-refractivity contribution in [3.05, 3.63) is 24.5 Å². The molecular weight excluding hydrogens is 172 g/mol. The first-order valence-electron chi connectivity index (χ1n) is 5.71. The van der Waals surface area contributed by atoms with Crippen molar-refractivity contribution in [1.29, 1.82) is 0 Å². The van der Waals surface area contributed by atoms with Crippen LogP contribution in [0.3, 0.4) is 0 Å². The fourth-order valence-electron chi connectivity index (χ4n) is 2.21. The second kappa shape index (κ2) is 4.54. The van der Waals surface area contributed by atoms with Crippen LogP contribution in [0.4, 0.5) is 0 Å². The van der Waals surface area contributed by atoms with Crippen LogP contribution in [0, 0.1) is 11.8 Å². The summed E-state index contributed by atoms with van der Waals surface area (Å²) < 4.78 is 2.05. The molecule has 78 valence electrons. The van der Waals surface area contributed by atoms with Crippen LogP contribution in [-0.2, 0) is 0 Å². The summed E-state index contributed by atoms with van der Waals surface area (Å²) in [5.41, 5.74) is 3.43. The smallest absolute Gasteiger partial charge is 0.0342 e. The maximum atomic E-state index is 3.43. The molecule has 1 N–H and O–H groups in total. The topological polar surface area (TPSA) is 17.0 Å². The van der Waals surface area contributed by atoms with Crippen molar-refractivity contribution in [2.24, 2.45) is 11.8 Å². The Hall–Kier alpha value is -0.920. The van der Waals surface area contributed by atoms with Crippen LogP contribution in [0.15, 0.2) is 24.5 Å². The fraction of sp³-hybridized carbons (Fsp3) is 0.667. The molecule has 0 radical (unpaired) electrons. The van der Waals surface area contributed by atoms with Crippen LogP contribution in [0.25, 0.3) is 0 Å². The molecule has 0 unspecified atom stereocenters. The van der Waals surface area contributed by atoms with E-state index >= 15 is 0 Å². The van der Waals surface area contributed by atoms with Gasteiger partial charge in [-0.15, -0.1) is 0 Å². The third kappa shape index (κ3) is 2.53. The molecule has 1 aromatic heterocycles. The summed E-state index contributed by atoms with van der Waals surface area (Å²) in [5.74, 6) is 1.84. The normalized spacial score (nSPS) is 27.5. The first-order valence-corrected chi connectivity index (χ1v) is 5.71. The molecule has 1 aliphatic rings. The van der Waals surface area contributed by atoms with Gasteiger partial charge in [0.2, 0.25) is 0 Å². The molecule has 0 spiro atoms. The zero-order chi connectivity index (χ0) is 9.80. The van der Waals surface area contributed by atoms with Crippen molar-refractivity contribution in [1.82, 2.24) is 4.68 Å². The van der Waals surface area contributed by atoms with E-state index in [1.807, 2.05) is 0 Å². The first kappa shape index (κ1) is 9.63. The van der Waals surface area contributed by atoms with E-state index in [0.717, 1.165) is 18.4 Å². The summed E-state index contributed by atoms with van der Waals surface area (Å²) in [5, 5.41) is 0. The molecule has 0 aliphatic heterocycles. The van der Waals surface area contributed by atoms with Gasteiger partial charge in [-0.2, -0.15) is 0 Å². The predicted octanol–water partition coefficient (Wildman–Crippen LogP) is 2.86. The molecule has 1 aliphatic carbocycles. The van der Waals surface area contributed by atoms with Gasteiger partial charge in [0.25, 0.3) is 0 Å². The van der Waals surface area contributed by atoms with E-state index in [0.29, 0.717) is 0 Å². The number of hydrogen-bond acceptors (Lipinski definition) is 1. The average Bonchev–Trinajstić information content (AvgIpc) is 2.70. The minimum atomic E-state index is 0.883. The number of aromatic nitrogens is 1. The molecule has 1 saturated carbocycles. The monoisotopic (exact) mass is 192 g/mol. The summed E-state index contributed by atoms with van der Waals surface area (Å²) in [4.78, 5) is 0. The molecule has 2 rings (SSSR count). The van der Waals surface area contributed by atoms with Gasteiger partial charge in [-0.3, -0.25) is 4.68 Å². The largest absolute Gasteiger partial charge is 0.326 e. The molecule has 0 bridgehead atoms. The Morgan fingerprint density at radius 2 is 1.79 bits per heavy atom. The molecule has 1 fully saturated rings. The van der Waals surface area contributed by atoms with E-state index in [1.165, 1.54) is 25.7 Å². The minimum absolute atomic E-state index is 0.883. The second-order valence-electron chi connectivity index (χ2n) is 4.58. The molecular formula is C12H20N2. The molecule has 2 heteroatoms. The lowest BCUT2D eigenvalue weighted by Gasteiger charge is -2.26. The van der Waals surface area contributed by atoms with Crippen molar-refractivity contribution in [3.8, 4) is 0 Å². The Bertz CT molecular complexity index is 245. The van der Waals surface area contributed by atoms with Gasteiger partial charge in [0, 0.05) is 18.9 Å². The lowest BCUT2D eigenvalue weighted by Crippen LogP contribution is -2.24. The third-order valence-corrected chi connectivity index (χ3v) is 3.30. The van der Waals surface area contributed by atoms with Crippen molar-refractivity contribution >= 4 is 0 Å². The maximum absolute atomic E-state index is 3.43. The van der Waals surface area contributed by atoms with Crippen LogP contribution >= 0.6 is 0 Å². The highest BCUT2D eigenvalue weighted by molar-refractivity contribution is 4.93. The van der Waals surface area contributed by atoms with E-state index in [1.54, 1.807) is 0 Å². The van der Waals surface area contributed by atoms with Gasteiger partial charge in [-0.05, 0) is 36.8 Å². The molecule has 0 atom stereocenters. The Balaban J connectivity index is 1.71. The summed E-state index contributed by atoms with van der Waals surface area (Å²) in [6.07, 6.45) is 9.75. The first-order chi connectivity index (χ1) is 6.84. The lowest BCUT2D eigenvalue weighted by atomic mass is 9.83. The van der Waals surface area contributed by atoms with Crippen molar-refractivity contribution in [3.63, 3.8) is 0 Å². The molecule has 1 aromatic rings. The van der Waals surface area contributed by atoms with Gasteiger partial charge in [0.15, 0.2) is 0 Å². The van der Waals surface area contributed by atoms with Gasteiger partial charge >= 0.3 is 0 Å². The van der Waals surface area contributed by atoms with E-state index in [9.17, 15) is 0 Å². The molecule has 0 aromatic carbocycles. The van der Waals surface area contributed by atoms with Crippen molar-refractivity contribution < 1.29 is 0 Å². The van der Waals surface area contributed by atoms with Crippen LogP contribution in [0.5, 0.6) is 0 Å². The zero-order valence-electron chi connectivity index (χ0n) is 8.95. The van der Waals surface area contributed by atoms with E-state index in [4.69, 9.17) is 0 Å². The number of hydrogen-bond donors (Lipinski definition) is 1. The Labute approximate surface area is 86.3 Å². The standard InChI is InChI=1S/C12H20N2/c1-11-4-6-12(7-5-11)10-13-14-8-2-3-9-14/h2-3,8-9,11-13H,4-7,10H2,1H3. The van der Waals surface area contributed by atoms with E-state index < -0.39 is 0 Å². The second-order valence-corrected chi connectivity index (χ2v) is 4.58. The van der Waals surface area contributed by atoms with Crippen LogP contribution in [0.2, 0.25) is 0 Å². The summed E-state index contributed by atoms with van der Waals surface area (Å²) in [6.45, 7) is 3.50. The number of nitrogens with zero attached hydrogens (tertiary/aromatic N) is 1. The third-order valence-electron chi connectivity index (χ3n) is 3.30. The number of rotatable bonds is 3. The molecule has 14 heavy (non-hydrogen) atoms. The zero-order valence-corrected chi connectivity index (χ0v) is 8.95. The van der Waals surface area contributed by atoms with E-state index in [-0.39, 0.29) is 0 Å². The van der Waals surface area contributed by atoms with Crippen LogP contribution in [-0.4, -0.2) is 11.2 Å². The summed E-state index contributed by atoms with van der Waals surface area (Å²) in [7, 11) is 0.